The van der Waals surface area contributed by atoms with E-state index in [1.807, 2.05) is 0 Å². The minimum absolute atomic E-state index is 0.0689. The molecular formula is C11H21O4S+. The van der Waals surface area contributed by atoms with Crippen LogP contribution >= 0.6 is 0 Å². The van der Waals surface area contributed by atoms with Gasteiger partial charge in [0.2, 0.25) is 5.75 Å². The summed E-state index contributed by atoms with van der Waals surface area (Å²) in [4.78, 5) is 11.4. The maximum absolute atomic E-state index is 11.4. The van der Waals surface area contributed by atoms with Crippen molar-refractivity contribution in [3.05, 3.63) is 0 Å². The van der Waals surface area contributed by atoms with Crippen molar-refractivity contribution in [2.75, 3.05) is 50.8 Å². The predicted octanol–water partition coefficient (Wildman–Crippen LogP) is 0.605. The molecule has 1 aliphatic rings. The van der Waals surface area contributed by atoms with Crippen LogP contribution in [0.1, 0.15) is 12.8 Å². The van der Waals surface area contributed by atoms with Gasteiger partial charge in [0.25, 0.3) is 0 Å². The maximum atomic E-state index is 11.4. The first-order valence-corrected chi connectivity index (χ1v) is 7.42. The quantitative estimate of drug-likeness (QED) is 0.359. The van der Waals surface area contributed by atoms with Gasteiger partial charge >= 0.3 is 5.97 Å². The molecule has 1 saturated heterocycles. The van der Waals surface area contributed by atoms with Crippen molar-refractivity contribution in [1.29, 1.82) is 0 Å². The number of carbonyl (C=O) groups excluding carboxylic acids is 1. The molecule has 0 spiro atoms. The first-order valence-electron chi connectivity index (χ1n) is 5.69. The SMILES string of the molecule is COCCOCCOC(=O)C[S+]1CCCC1. The molecule has 1 heterocycles. The molecule has 5 heteroatoms. The van der Waals surface area contributed by atoms with Gasteiger partial charge in [0.15, 0.2) is 0 Å². The molecule has 0 amide bonds. The Kier molecular flexibility index (Phi) is 7.63. The van der Waals surface area contributed by atoms with E-state index in [9.17, 15) is 4.79 Å². The zero-order valence-electron chi connectivity index (χ0n) is 9.91. The Morgan fingerprint density at radius 1 is 1.12 bits per heavy atom. The molecule has 0 aromatic rings. The van der Waals surface area contributed by atoms with Gasteiger partial charge in [-0.2, -0.15) is 0 Å². The molecular weight excluding hydrogens is 228 g/mol. The average Bonchev–Trinajstić information content (AvgIpc) is 2.76. The Morgan fingerprint density at radius 2 is 1.81 bits per heavy atom. The Morgan fingerprint density at radius 3 is 2.50 bits per heavy atom. The van der Waals surface area contributed by atoms with Gasteiger partial charge in [-0.15, -0.1) is 0 Å². The van der Waals surface area contributed by atoms with Crippen molar-refractivity contribution >= 4 is 16.9 Å². The minimum atomic E-state index is -0.0689. The number of hydrogen-bond donors (Lipinski definition) is 0. The van der Waals surface area contributed by atoms with E-state index in [1.54, 1.807) is 7.11 Å². The Balaban J connectivity index is 1.89. The summed E-state index contributed by atoms with van der Waals surface area (Å²) in [7, 11) is 1.93. The van der Waals surface area contributed by atoms with Crippen LogP contribution in [0.15, 0.2) is 0 Å². The van der Waals surface area contributed by atoms with E-state index in [2.05, 4.69) is 0 Å². The molecule has 1 fully saturated rings. The van der Waals surface area contributed by atoms with Crippen LogP contribution < -0.4 is 0 Å². The van der Waals surface area contributed by atoms with Gasteiger partial charge in [-0.25, -0.2) is 4.79 Å². The van der Waals surface area contributed by atoms with Crippen molar-refractivity contribution < 1.29 is 19.0 Å². The second-order valence-corrected chi connectivity index (χ2v) is 6.03. The van der Waals surface area contributed by atoms with E-state index >= 15 is 0 Å². The van der Waals surface area contributed by atoms with Gasteiger partial charge in [-0.3, -0.25) is 0 Å². The highest BCUT2D eigenvalue weighted by molar-refractivity contribution is 7.97. The Bertz CT molecular complexity index is 192. The summed E-state index contributed by atoms with van der Waals surface area (Å²) in [5.74, 6) is 2.96. The lowest BCUT2D eigenvalue weighted by Crippen LogP contribution is -2.21. The predicted molar refractivity (Wildman–Crippen MR) is 64.9 cm³/mol. The van der Waals surface area contributed by atoms with Crippen molar-refractivity contribution in [2.24, 2.45) is 0 Å². The van der Waals surface area contributed by atoms with Crippen LogP contribution in [0.5, 0.6) is 0 Å². The molecule has 4 nitrogen and oxygen atoms in total. The number of esters is 1. The normalized spacial score (nSPS) is 16.6. The van der Waals surface area contributed by atoms with Crippen LogP contribution in [0.3, 0.4) is 0 Å². The van der Waals surface area contributed by atoms with Gasteiger partial charge in [0, 0.05) is 7.11 Å². The largest absolute Gasteiger partial charge is 0.460 e. The first-order chi connectivity index (χ1) is 7.83. The summed E-state index contributed by atoms with van der Waals surface area (Å²) < 4.78 is 15.1. The van der Waals surface area contributed by atoms with E-state index in [0.717, 1.165) is 0 Å². The third-order valence-electron chi connectivity index (χ3n) is 2.36. The minimum Gasteiger partial charge on any atom is -0.460 e. The third kappa shape index (κ3) is 6.35. The fourth-order valence-electron chi connectivity index (χ4n) is 1.53. The van der Waals surface area contributed by atoms with E-state index < -0.39 is 0 Å². The lowest BCUT2D eigenvalue weighted by molar-refractivity contribution is -0.142. The molecule has 94 valence electrons. The molecule has 0 aromatic carbocycles. The zero-order valence-corrected chi connectivity index (χ0v) is 10.7. The maximum Gasteiger partial charge on any atom is 0.356 e. The lowest BCUT2D eigenvalue weighted by atomic mass is 10.4. The number of methoxy groups -OCH3 is 1. The molecule has 0 bridgehead atoms. The molecule has 1 aliphatic heterocycles. The fraction of sp³-hybridized carbons (Fsp3) is 0.909. The number of ether oxygens (including phenoxy) is 3. The number of hydrogen-bond acceptors (Lipinski definition) is 4. The summed E-state index contributed by atoms with van der Waals surface area (Å²) >= 11 is 0. The Labute approximate surface area is 100.0 Å². The van der Waals surface area contributed by atoms with Gasteiger partial charge in [-0.05, 0) is 23.7 Å². The highest BCUT2D eigenvalue weighted by Crippen LogP contribution is 2.13. The first kappa shape index (κ1) is 13.8. The topological polar surface area (TPSA) is 44.8 Å². The van der Waals surface area contributed by atoms with Crippen LogP contribution in [0.25, 0.3) is 0 Å². The molecule has 0 radical (unpaired) electrons. The third-order valence-corrected chi connectivity index (χ3v) is 4.74. The molecule has 1 rings (SSSR count). The molecule has 0 aliphatic carbocycles. The van der Waals surface area contributed by atoms with Crippen LogP contribution in [-0.4, -0.2) is 56.8 Å². The van der Waals surface area contributed by atoms with E-state index in [-0.39, 0.29) is 5.97 Å². The van der Waals surface area contributed by atoms with Crippen LogP contribution in [-0.2, 0) is 29.9 Å². The van der Waals surface area contributed by atoms with Gasteiger partial charge in [0.05, 0.1) is 19.8 Å². The van der Waals surface area contributed by atoms with Crippen molar-refractivity contribution in [1.82, 2.24) is 0 Å². The molecule has 0 saturated carbocycles. The highest BCUT2D eigenvalue weighted by Gasteiger charge is 2.27. The van der Waals surface area contributed by atoms with Gasteiger partial charge in [0.1, 0.15) is 18.1 Å². The fourth-order valence-corrected chi connectivity index (χ4v) is 3.66. The zero-order chi connectivity index (χ0) is 11.6. The second-order valence-electron chi connectivity index (χ2n) is 3.70. The Hall–Kier alpha value is -0.260. The number of rotatable bonds is 8. The molecule has 0 unspecified atom stereocenters. The van der Waals surface area contributed by atoms with E-state index in [0.29, 0.717) is 43.1 Å². The molecule has 0 N–H and O–H groups in total. The second kappa shape index (κ2) is 8.84. The van der Waals surface area contributed by atoms with Crippen molar-refractivity contribution in [3.8, 4) is 0 Å². The number of carbonyl (C=O) groups is 1. The molecule has 16 heavy (non-hydrogen) atoms. The van der Waals surface area contributed by atoms with Crippen molar-refractivity contribution in [2.45, 2.75) is 12.8 Å². The summed E-state index contributed by atoms with van der Waals surface area (Å²) in [5, 5.41) is 0. The summed E-state index contributed by atoms with van der Waals surface area (Å²) in [6.45, 7) is 1.96. The van der Waals surface area contributed by atoms with Crippen LogP contribution in [0.4, 0.5) is 0 Å². The summed E-state index contributed by atoms with van der Waals surface area (Å²) in [5.41, 5.74) is 0. The molecule has 0 aromatic heterocycles. The highest BCUT2D eigenvalue weighted by atomic mass is 32.2. The standard InChI is InChI=1S/C11H21O4S/c1-13-4-5-14-6-7-15-11(12)10-16-8-2-3-9-16/h2-10H2,1H3/q+1. The lowest BCUT2D eigenvalue weighted by Gasteiger charge is -2.05. The average molecular weight is 249 g/mol. The van der Waals surface area contributed by atoms with Crippen LogP contribution in [0, 0.1) is 0 Å². The van der Waals surface area contributed by atoms with Crippen LogP contribution in [0.2, 0.25) is 0 Å². The van der Waals surface area contributed by atoms with E-state index in [1.165, 1.54) is 24.3 Å². The summed E-state index contributed by atoms with van der Waals surface area (Å²) in [6.07, 6.45) is 2.55. The summed E-state index contributed by atoms with van der Waals surface area (Å²) in [6, 6.07) is 0. The van der Waals surface area contributed by atoms with Gasteiger partial charge in [-0.1, -0.05) is 0 Å². The smallest absolute Gasteiger partial charge is 0.356 e. The van der Waals surface area contributed by atoms with E-state index in [4.69, 9.17) is 14.2 Å². The molecule has 0 atom stereocenters. The van der Waals surface area contributed by atoms with Gasteiger partial charge < -0.3 is 14.2 Å². The van der Waals surface area contributed by atoms with Crippen molar-refractivity contribution in [3.63, 3.8) is 0 Å². The monoisotopic (exact) mass is 249 g/mol.